The highest BCUT2D eigenvalue weighted by Gasteiger charge is 2.24. The Hall–Kier alpha value is -1.44. The molecule has 22 heavy (non-hydrogen) atoms. The molecule has 2 aromatic heterocycles. The van der Waals surface area contributed by atoms with Crippen LogP contribution in [0.15, 0.2) is 0 Å². The zero-order valence-corrected chi connectivity index (χ0v) is 13.1. The number of hydrogen-bond acceptors (Lipinski definition) is 7. The third kappa shape index (κ3) is 2.53. The standard InChI is InChI=1S/C13H13Cl2N5O2/c14-9-12(22-7-2-5-21-6-7)17-10-8(16-9)11(19-13(15)18-10)20-3-1-4-20/h7H,1-6H2/t7-/m1/s1. The van der Waals surface area contributed by atoms with Gasteiger partial charge in [-0.25, -0.2) is 4.98 Å². The zero-order valence-electron chi connectivity index (χ0n) is 11.6. The van der Waals surface area contributed by atoms with E-state index in [1.54, 1.807) is 0 Å². The van der Waals surface area contributed by atoms with E-state index in [2.05, 4.69) is 24.8 Å². The average Bonchev–Trinajstić information content (AvgIpc) is 2.91. The number of anilines is 1. The summed E-state index contributed by atoms with van der Waals surface area (Å²) in [6, 6.07) is 0. The van der Waals surface area contributed by atoms with E-state index >= 15 is 0 Å². The smallest absolute Gasteiger partial charge is 0.254 e. The minimum atomic E-state index is -0.0589. The molecule has 2 saturated heterocycles. The third-order valence-corrected chi connectivity index (χ3v) is 4.15. The molecule has 9 heteroatoms. The second-order valence-corrected chi connectivity index (χ2v) is 5.95. The van der Waals surface area contributed by atoms with Crippen LogP contribution in [-0.2, 0) is 4.74 Å². The molecule has 0 N–H and O–H groups in total. The molecular formula is C13H13Cl2N5O2. The van der Waals surface area contributed by atoms with Gasteiger partial charge in [-0.1, -0.05) is 11.6 Å². The normalized spacial score (nSPS) is 21.2. The highest BCUT2D eigenvalue weighted by atomic mass is 35.5. The van der Waals surface area contributed by atoms with Gasteiger partial charge in [0, 0.05) is 19.5 Å². The first-order chi connectivity index (χ1) is 10.7. The summed E-state index contributed by atoms with van der Waals surface area (Å²) < 4.78 is 11.0. The first-order valence-electron chi connectivity index (χ1n) is 7.11. The lowest BCUT2D eigenvalue weighted by Crippen LogP contribution is -2.38. The Labute approximate surface area is 136 Å². The second-order valence-electron chi connectivity index (χ2n) is 5.25. The quantitative estimate of drug-likeness (QED) is 0.791. The predicted molar refractivity (Wildman–Crippen MR) is 81.8 cm³/mol. The summed E-state index contributed by atoms with van der Waals surface area (Å²) >= 11 is 12.2. The molecule has 0 radical (unpaired) electrons. The molecule has 0 unspecified atom stereocenters. The van der Waals surface area contributed by atoms with Crippen LogP contribution in [0.2, 0.25) is 10.4 Å². The van der Waals surface area contributed by atoms with Crippen molar-refractivity contribution in [3.05, 3.63) is 10.4 Å². The van der Waals surface area contributed by atoms with Crippen LogP contribution < -0.4 is 9.64 Å². The molecule has 0 bridgehead atoms. The number of halogens is 2. The molecule has 1 atom stereocenters. The first-order valence-corrected chi connectivity index (χ1v) is 7.86. The summed E-state index contributed by atoms with van der Waals surface area (Å²) in [5, 5.41) is 0.341. The van der Waals surface area contributed by atoms with Gasteiger partial charge in [-0.05, 0) is 18.0 Å². The van der Waals surface area contributed by atoms with Crippen molar-refractivity contribution in [2.45, 2.75) is 18.9 Å². The van der Waals surface area contributed by atoms with E-state index in [-0.39, 0.29) is 22.4 Å². The fourth-order valence-electron chi connectivity index (χ4n) is 2.46. The minimum absolute atomic E-state index is 0.0589. The Balaban J connectivity index is 1.75. The number of rotatable bonds is 3. The van der Waals surface area contributed by atoms with Gasteiger partial charge in [0.25, 0.3) is 5.88 Å². The molecule has 0 aromatic carbocycles. The molecule has 0 saturated carbocycles. The number of ether oxygens (including phenoxy) is 2. The molecule has 116 valence electrons. The van der Waals surface area contributed by atoms with Gasteiger partial charge in [0.2, 0.25) is 5.28 Å². The highest BCUT2D eigenvalue weighted by molar-refractivity contribution is 6.31. The summed E-state index contributed by atoms with van der Waals surface area (Å²) in [5.74, 6) is 0.931. The van der Waals surface area contributed by atoms with Crippen LogP contribution in [0.5, 0.6) is 5.88 Å². The molecule has 2 aromatic rings. The van der Waals surface area contributed by atoms with Crippen molar-refractivity contribution in [3.63, 3.8) is 0 Å². The molecule has 4 rings (SSSR count). The third-order valence-electron chi connectivity index (χ3n) is 3.74. The Kier molecular flexibility index (Phi) is 3.63. The van der Waals surface area contributed by atoms with Crippen molar-refractivity contribution in [1.82, 2.24) is 19.9 Å². The monoisotopic (exact) mass is 341 g/mol. The van der Waals surface area contributed by atoms with Crippen molar-refractivity contribution in [3.8, 4) is 5.88 Å². The fraction of sp³-hybridized carbons (Fsp3) is 0.538. The lowest BCUT2D eigenvalue weighted by Gasteiger charge is -2.32. The van der Waals surface area contributed by atoms with E-state index in [1.807, 2.05) is 0 Å². The van der Waals surface area contributed by atoms with Crippen molar-refractivity contribution < 1.29 is 9.47 Å². The maximum atomic E-state index is 6.21. The van der Waals surface area contributed by atoms with E-state index in [1.165, 1.54) is 0 Å². The molecule has 4 heterocycles. The Morgan fingerprint density at radius 1 is 1.14 bits per heavy atom. The van der Waals surface area contributed by atoms with E-state index in [9.17, 15) is 0 Å². The number of hydrogen-bond donors (Lipinski definition) is 0. The van der Waals surface area contributed by atoms with Crippen LogP contribution >= 0.6 is 23.2 Å². The van der Waals surface area contributed by atoms with Gasteiger partial charge in [0.05, 0.1) is 13.2 Å². The van der Waals surface area contributed by atoms with E-state index in [0.717, 1.165) is 25.9 Å². The van der Waals surface area contributed by atoms with Crippen LogP contribution in [0.3, 0.4) is 0 Å². The summed E-state index contributed by atoms with van der Waals surface area (Å²) in [7, 11) is 0. The molecule has 0 amide bonds. The molecule has 2 aliphatic heterocycles. The van der Waals surface area contributed by atoms with Crippen molar-refractivity contribution in [1.29, 1.82) is 0 Å². The van der Waals surface area contributed by atoms with Gasteiger partial charge >= 0.3 is 0 Å². The van der Waals surface area contributed by atoms with Gasteiger partial charge in [-0.2, -0.15) is 15.0 Å². The van der Waals surface area contributed by atoms with Crippen LogP contribution in [0, 0.1) is 0 Å². The Morgan fingerprint density at radius 2 is 2.00 bits per heavy atom. The number of aromatic nitrogens is 4. The predicted octanol–water partition coefficient (Wildman–Crippen LogP) is 2.10. The first kappa shape index (κ1) is 14.2. The van der Waals surface area contributed by atoms with Crippen molar-refractivity contribution in [2.24, 2.45) is 0 Å². The molecule has 0 spiro atoms. The van der Waals surface area contributed by atoms with Gasteiger partial charge in [-0.3, -0.25) is 0 Å². The minimum Gasteiger partial charge on any atom is -0.470 e. The van der Waals surface area contributed by atoms with Gasteiger partial charge in [-0.15, -0.1) is 0 Å². The maximum absolute atomic E-state index is 6.21. The SMILES string of the molecule is Clc1nc(N2CCC2)c2nc(Cl)c(O[C@@H]3CCOC3)nc2n1. The maximum Gasteiger partial charge on any atom is 0.254 e. The number of nitrogens with zero attached hydrogens (tertiary/aromatic N) is 5. The molecule has 2 fully saturated rings. The number of fused-ring (bicyclic) bond motifs is 1. The lowest BCUT2D eigenvalue weighted by molar-refractivity contribution is 0.138. The van der Waals surface area contributed by atoms with Crippen molar-refractivity contribution >= 4 is 40.2 Å². The summed E-state index contributed by atoms with van der Waals surface area (Å²) in [4.78, 5) is 19.2. The summed E-state index contributed by atoms with van der Waals surface area (Å²) in [5.41, 5.74) is 0.935. The largest absolute Gasteiger partial charge is 0.470 e. The summed E-state index contributed by atoms with van der Waals surface area (Å²) in [6.45, 7) is 3.04. The topological polar surface area (TPSA) is 73.3 Å². The second kappa shape index (κ2) is 5.64. The van der Waals surface area contributed by atoms with E-state index in [4.69, 9.17) is 32.7 Å². The van der Waals surface area contributed by atoms with E-state index < -0.39 is 0 Å². The highest BCUT2D eigenvalue weighted by Crippen LogP contribution is 2.31. The summed E-state index contributed by atoms with van der Waals surface area (Å²) in [6.07, 6.45) is 1.86. The van der Waals surface area contributed by atoms with Crippen LogP contribution in [-0.4, -0.2) is 52.3 Å². The Bertz CT molecular complexity index is 719. The van der Waals surface area contributed by atoms with Gasteiger partial charge < -0.3 is 14.4 Å². The molecule has 2 aliphatic rings. The Morgan fingerprint density at radius 3 is 2.68 bits per heavy atom. The molecule has 7 nitrogen and oxygen atoms in total. The molecule has 0 aliphatic carbocycles. The average molecular weight is 342 g/mol. The van der Waals surface area contributed by atoms with Gasteiger partial charge in [0.15, 0.2) is 22.1 Å². The lowest BCUT2D eigenvalue weighted by atomic mass is 10.2. The van der Waals surface area contributed by atoms with Gasteiger partial charge in [0.1, 0.15) is 6.10 Å². The van der Waals surface area contributed by atoms with E-state index in [0.29, 0.717) is 30.2 Å². The van der Waals surface area contributed by atoms with Crippen LogP contribution in [0.25, 0.3) is 11.2 Å². The van der Waals surface area contributed by atoms with Crippen molar-refractivity contribution in [2.75, 3.05) is 31.2 Å². The zero-order chi connectivity index (χ0) is 15.1. The fourth-order valence-corrected chi connectivity index (χ4v) is 2.79. The molecular weight excluding hydrogens is 329 g/mol. The van der Waals surface area contributed by atoms with Crippen LogP contribution in [0.4, 0.5) is 5.82 Å². The van der Waals surface area contributed by atoms with Crippen LogP contribution in [0.1, 0.15) is 12.8 Å².